The Morgan fingerprint density at radius 2 is 1.61 bits per heavy atom. The molecule has 31 heavy (non-hydrogen) atoms. The molecule has 0 radical (unpaired) electrons. The molecule has 0 saturated heterocycles. The van der Waals surface area contributed by atoms with Crippen LogP contribution >= 0.6 is 0 Å². The monoisotopic (exact) mass is 432 g/mol. The molecule has 0 fully saturated rings. The molecular weight excluding hydrogens is 418 g/mol. The van der Waals surface area contributed by atoms with Crippen molar-refractivity contribution in [3.05, 3.63) is 65.2 Å². The minimum atomic E-state index is -4.94. The SMILES string of the molecule is Fc1cc2cc(-c3ncc(C4=CCCCC4)cn3)cc(F)c2c(F)c1C#CC(F)(F)F. The van der Waals surface area contributed by atoms with Crippen molar-refractivity contribution in [1.29, 1.82) is 0 Å². The molecule has 8 heteroatoms. The average Bonchev–Trinajstić information content (AvgIpc) is 2.73. The van der Waals surface area contributed by atoms with Crippen LogP contribution in [0.2, 0.25) is 0 Å². The summed E-state index contributed by atoms with van der Waals surface area (Å²) in [4.78, 5) is 8.47. The second-order valence-electron chi connectivity index (χ2n) is 7.12. The molecule has 158 valence electrons. The third-order valence-electron chi connectivity index (χ3n) is 4.98. The zero-order valence-corrected chi connectivity index (χ0v) is 16.0. The Balaban J connectivity index is 1.75. The van der Waals surface area contributed by atoms with Crippen LogP contribution in [0.4, 0.5) is 26.3 Å². The summed E-state index contributed by atoms with van der Waals surface area (Å²) < 4.78 is 80.3. The molecule has 4 rings (SSSR count). The number of fused-ring (bicyclic) bond motifs is 1. The van der Waals surface area contributed by atoms with Crippen molar-refractivity contribution < 1.29 is 26.3 Å². The molecule has 0 N–H and O–H groups in total. The van der Waals surface area contributed by atoms with Gasteiger partial charge in [0.15, 0.2) is 11.6 Å². The maximum absolute atomic E-state index is 14.7. The van der Waals surface area contributed by atoms with Crippen LogP contribution in [0.15, 0.2) is 36.7 Å². The van der Waals surface area contributed by atoms with Gasteiger partial charge in [0.2, 0.25) is 0 Å². The van der Waals surface area contributed by atoms with Crippen LogP contribution in [0.1, 0.15) is 36.8 Å². The minimum Gasteiger partial charge on any atom is -0.236 e. The first-order chi connectivity index (χ1) is 14.7. The summed E-state index contributed by atoms with van der Waals surface area (Å²) in [5, 5.41) is -0.828. The number of halogens is 6. The number of aromatic nitrogens is 2. The maximum Gasteiger partial charge on any atom is 0.458 e. The number of hydrogen-bond donors (Lipinski definition) is 0. The van der Waals surface area contributed by atoms with Gasteiger partial charge in [0.1, 0.15) is 11.6 Å². The fourth-order valence-corrected chi connectivity index (χ4v) is 3.53. The lowest BCUT2D eigenvalue weighted by atomic mass is 9.95. The summed E-state index contributed by atoms with van der Waals surface area (Å²) >= 11 is 0. The summed E-state index contributed by atoms with van der Waals surface area (Å²) in [6.45, 7) is 0. The van der Waals surface area contributed by atoms with E-state index in [2.05, 4.69) is 16.0 Å². The van der Waals surface area contributed by atoms with Gasteiger partial charge in [-0.2, -0.15) is 13.2 Å². The molecule has 0 saturated carbocycles. The van der Waals surface area contributed by atoms with Crippen LogP contribution in [0, 0.1) is 29.3 Å². The second-order valence-corrected chi connectivity index (χ2v) is 7.12. The molecule has 0 spiro atoms. The summed E-state index contributed by atoms with van der Waals surface area (Å²) in [5.41, 5.74) is 1.04. The van der Waals surface area contributed by atoms with Gasteiger partial charge in [0, 0.05) is 29.4 Å². The molecule has 1 heterocycles. The first-order valence-electron chi connectivity index (χ1n) is 9.46. The van der Waals surface area contributed by atoms with Gasteiger partial charge in [0.25, 0.3) is 0 Å². The number of nitrogens with zero attached hydrogens (tertiary/aromatic N) is 2. The van der Waals surface area contributed by atoms with E-state index in [-0.39, 0.29) is 16.8 Å². The van der Waals surface area contributed by atoms with Gasteiger partial charge in [0.05, 0.1) is 10.9 Å². The lowest BCUT2D eigenvalue weighted by molar-refractivity contribution is -0.0696. The molecule has 2 aromatic carbocycles. The Labute approximate surface area is 173 Å². The number of rotatable bonds is 2. The highest BCUT2D eigenvalue weighted by Gasteiger charge is 2.24. The first-order valence-corrected chi connectivity index (χ1v) is 9.46. The first kappa shape index (κ1) is 20.9. The molecular formula is C23H14F6N2. The normalized spacial score (nSPS) is 14.2. The largest absolute Gasteiger partial charge is 0.458 e. The average molecular weight is 432 g/mol. The molecule has 0 aliphatic heterocycles. The Morgan fingerprint density at radius 3 is 2.26 bits per heavy atom. The molecule has 3 aromatic rings. The topological polar surface area (TPSA) is 25.8 Å². The van der Waals surface area contributed by atoms with Gasteiger partial charge in [-0.25, -0.2) is 23.1 Å². The summed E-state index contributed by atoms with van der Waals surface area (Å²) in [7, 11) is 0. The highest BCUT2D eigenvalue weighted by molar-refractivity contribution is 5.89. The van der Waals surface area contributed by atoms with Gasteiger partial charge in [-0.1, -0.05) is 12.0 Å². The Hall–Kier alpha value is -3.34. The smallest absolute Gasteiger partial charge is 0.236 e. The molecule has 1 aromatic heterocycles. The zero-order chi connectivity index (χ0) is 22.2. The van der Waals surface area contributed by atoms with E-state index in [0.29, 0.717) is 0 Å². The van der Waals surface area contributed by atoms with Crippen LogP contribution in [0.3, 0.4) is 0 Å². The van der Waals surface area contributed by atoms with Crippen LogP contribution in [-0.2, 0) is 0 Å². The standard InChI is InChI=1S/C23H14F6N2/c24-18-9-14-8-15(22-30-11-16(12-31-22)13-4-2-1-3-5-13)10-19(25)20(14)21(26)17(18)6-7-23(27,28)29/h4,8-12H,1-3,5H2. The molecule has 0 bridgehead atoms. The van der Waals surface area contributed by atoms with Gasteiger partial charge in [-0.3, -0.25) is 0 Å². The predicted octanol–water partition coefficient (Wildman–Crippen LogP) is 6.59. The zero-order valence-electron chi connectivity index (χ0n) is 16.0. The van der Waals surface area contributed by atoms with E-state index in [1.54, 1.807) is 12.4 Å². The maximum atomic E-state index is 14.7. The van der Waals surface area contributed by atoms with Crippen molar-refractivity contribution >= 4 is 16.3 Å². The van der Waals surface area contributed by atoms with Gasteiger partial charge < -0.3 is 0 Å². The third kappa shape index (κ3) is 4.41. The highest BCUT2D eigenvalue weighted by Crippen LogP contribution is 2.31. The quantitative estimate of drug-likeness (QED) is 0.338. The Morgan fingerprint density at radius 1 is 0.871 bits per heavy atom. The van der Waals surface area contributed by atoms with Crippen molar-refractivity contribution in [2.75, 3.05) is 0 Å². The van der Waals surface area contributed by atoms with Gasteiger partial charge >= 0.3 is 6.18 Å². The molecule has 1 aliphatic carbocycles. The van der Waals surface area contributed by atoms with Crippen LogP contribution in [0.25, 0.3) is 27.7 Å². The van der Waals surface area contributed by atoms with E-state index in [1.165, 1.54) is 12.0 Å². The van der Waals surface area contributed by atoms with Crippen molar-refractivity contribution in [2.24, 2.45) is 0 Å². The van der Waals surface area contributed by atoms with Gasteiger partial charge in [-0.05, 0) is 54.8 Å². The van der Waals surface area contributed by atoms with Crippen LogP contribution in [0.5, 0.6) is 0 Å². The molecule has 1 aliphatic rings. The van der Waals surface area contributed by atoms with E-state index in [0.717, 1.165) is 54.9 Å². The van der Waals surface area contributed by atoms with Crippen molar-refractivity contribution in [3.8, 4) is 23.2 Å². The fourth-order valence-electron chi connectivity index (χ4n) is 3.53. The van der Waals surface area contributed by atoms with Crippen molar-refractivity contribution in [3.63, 3.8) is 0 Å². The third-order valence-corrected chi connectivity index (χ3v) is 4.98. The van der Waals surface area contributed by atoms with E-state index in [4.69, 9.17) is 0 Å². The summed E-state index contributed by atoms with van der Waals surface area (Å²) in [6, 6.07) is 2.98. The Kier molecular flexibility index (Phi) is 5.44. The van der Waals surface area contributed by atoms with E-state index in [1.807, 2.05) is 0 Å². The second kappa shape index (κ2) is 8.06. The molecule has 2 nitrogen and oxygen atoms in total. The predicted molar refractivity (Wildman–Crippen MR) is 104 cm³/mol. The fraction of sp³-hybridized carbons (Fsp3) is 0.217. The molecule has 0 atom stereocenters. The number of allylic oxidation sites excluding steroid dienone is 2. The lowest BCUT2D eigenvalue weighted by Gasteiger charge is -2.12. The number of hydrogen-bond acceptors (Lipinski definition) is 2. The number of alkyl halides is 3. The van der Waals surface area contributed by atoms with Crippen LogP contribution < -0.4 is 0 Å². The highest BCUT2D eigenvalue weighted by atomic mass is 19.4. The van der Waals surface area contributed by atoms with E-state index < -0.39 is 34.6 Å². The van der Waals surface area contributed by atoms with Crippen molar-refractivity contribution in [1.82, 2.24) is 9.97 Å². The van der Waals surface area contributed by atoms with Crippen molar-refractivity contribution in [2.45, 2.75) is 31.9 Å². The molecule has 0 unspecified atom stereocenters. The molecule has 0 amide bonds. The lowest BCUT2D eigenvalue weighted by Crippen LogP contribution is -2.03. The van der Waals surface area contributed by atoms with Gasteiger partial charge in [-0.15, -0.1) is 0 Å². The number of benzene rings is 2. The Bertz CT molecular complexity index is 1250. The summed E-state index contributed by atoms with van der Waals surface area (Å²) in [6.07, 6.45) is 4.53. The van der Waals surface area contributed by atoms with E-state index >= 15 is 0 Å². The summed E-state index contributed by atoms with van der Waals surface area (Å²) in [5.74, 6) is -1.54. The van der Waals surface area contributed by atoms with Crippen LogP contribution in [-0.4, -0.2) is 16.1 Å². The van der Waals surface area contributed by atoms with E-state index in [9.17, 15) is 26.3 Å². The minimum absolute atomic E-state index is 0.155.